The Morgan fingerprint density at radius 1 is 0.679 bits per heavy atom. The van der Waals surface area contributed by atoms with Crippen LogP contribution in [0, 0.1) is 6.42 Å². The van der Waals surface area contributed by atoms with Gasteiger partial charge in [0.05, 0.1) is 0 Å². The van der Waals surface area contributed by atoms with Crippen LogP contribution in [0.4, 0.5) is 0 Å². The molecule has 0 amide bonds. The van der Waals surface area contributed by atoms with E-state index < -0.39 is 0 Å². The Morgan fingerprint density at radius 2 is 1.46 bits per heavy atom. The van der Waals surface area contributed by atoms with Crippen LogP contribution in [0.2, 0.25) is 0 Å². The van der Waals surface area contributed by atoms with Gasteiger partial charge in [-0.2, -0.15) is 0 Å². The third kappa shape index (κ3) is 4.82. The van der Waals surface area contributed by atoms with Crippen LogP contribution in [-0.4, -0.2) is 0 Å². The van der Waals surface area contributed by atoms with Crippen molar-refractivity contribution in [3.05, 3.63) is 101 Å². The summed E-state index contributed by atoms with van der Waals surface area (Å²) in [5.41, 5.74) is 9.32. The number of hydrogen-bond donors (Lipinski definition) is 0. The second-order valence-electron chi connectivity index (χ2n) is 7.43. The summed E-state index contributed by atoms with van der Waals surface area (Å²) in [4.78, 5) is 0. The molecule has 0 bridgehead atoms. The molecule has 0 nitrogen and oxygen atoms in total. The van der Waals surface area contributed by atoms with Crippen LogP contribution < -0.4 is 0 Å². The van der Waals surface area contributed by atoms with Gasteiger partial charge in [0.2, 0.25) is 0 Å². The Kier molecular flexibility index (Phi) is 7.63. The number of unbranched alkanes of at least 4 members (excludes halogenated alkanes) is 3. The molecule has 1 heteroatoms. The number of rotatable bonds is 7. The van der Waals surface area contributed by atoms with Crippen LogP contribution in [0.25, 0.3) is 22.8 Å². The van der Waals surface area contributed by atoms with Gasteiger partial charge >= 0.3 is 0 Å². The molecule has 1 aliphatic rings. The molecular formula is C27H27Zr. The second kappa shape index (κ2) is 10.2. The van der Waals surface area contributed by atoms with Gasteiger partial charge in [0, 0.05) is 32.6 Å². The predicted octanol–water partition coefficient (Wildman–Crippen LogP) is 7.58. The van der Waals surface area contributed by atoms with Crippen molar-refractivity contribution in [3.63, 3.8) is 0 Å². The van der Waals surface area contributed by atoms with Gasteiger partial charge in [0.15, 0.2) is 0 Å². The Labute approximate surface area is 188 Å². The SMILES string of the molecule is CCCCCCc1ccc(-c2cccc3c2C=C(c2ccccc2)[CH]3)cc1.[Zr]. The minimum absolute atomic E-state index is 0. The van der Waals surface area contributed by atoms with Gasteiger partial charge in [-0.3, -0.25) is 0 Å². The zero-order chi connectivity index (χ0) is 18.5. The van der Waals surface area contributed by atoms with Crippen molar-refractivity contribution in [1.82, 2.24) is 0 Å². The summed E-state index contributed by atoms with van der Waals surface area (Å²) in [5, 5.41) is 0. The molecular weight excluding hydrogens is 416 g/mol. The summed E-state index contributed by atoms with van der Waals surface area (Å²) < 4.78 is 0. The first-order valence-corrected chi connectivity index (χ1v) is 10.2. The predicted molar refractivity (Wildman–Crippen MR) is 117 cm³/mol. The Morgan fingerprint density at radius 3 is 2.21 bits per heavy atom. The van der Waals surface area contributed by atoms with Gasteiger partial charge in [0.1, 0.15) is 0 Å². The van der Waals surface area contributed by atoms with E-state index in [2.05, 4.69) is 92.2 Å². The third-order valence-corrected chi connectivity index (χ3v) is 5.44. The van der Waals surface area contributed by atoms with E-state index in [-0.39, 0.29) is 26.2 Å². The van der Waals surface area contributed by atoms with Crippen LogP contribution in [0.1, 0.15) is 54.9 Å². The molecule has 0 atom stereocenters. The largest absolute Gasteiger partial charge is 0.0654 e. The molecule has 1 radical (unpaired) electrons. The summed E-state index contributed by atoms with van der Waals surface area (Å²) in [6, 6.07) is 26.5. The Bertz CT molecular complexity index is 920. The average Bonchev–Trinajstić information content (AvgIpc) is 3.17. The minimum Gasteiger partial charge on any atom is -0.0654 e. The summed E-state index contributed by atoms with van der Waals surface area (Å²) >= 11 is 0. The summed E-state index contributed by atoms with van der Waals surface area (Å²) in [6.45, 7) is 2.27. The minimum atomic E-state index is 0. The van der Waals surface area contributed by atoms with Crippen molar-refractivity contribution < 1.29 is 26.2 Å². The van der Waals surface area contributed by atoms with Crippen molar-refractivity contribution in [3.8, 4) is 11.1 Å². The molecule has 4 rings (SSSR count). The molecule has 0 spiro atoms. The van der Waals surface area contributed by atoms with Gasteiger partial charge in [-0.25, -0.2) is 0 Å². The van der Waals surface area contributed by atoms with E-state index in [0.717, 1.165) is 0 Å². The number of benzene rings is 3. The van der Waals surface area contributed by atoms with Gasteiger partial charge in [-0.15, -0.1) is 0 Å². The van der Waals surface area contributed by atoms with Crippen LogP contribution in [0.15, 0.2) is 72.8 Å². The Hall–Kier alpha value is -1.72. The molecule has 0 heterocycles. The number of allylic oxidation sites excluding steroid dienone is 1. The standard InChI is InChI=1S/C27H27.Zr/c1-2-3-4-6-10-21-15-17-23(18-16-21)26-14-9-13-24-19-25(20-27(24)26)22-11-7-5-8-12-22;/h5,7-9,11-20H,2-4,6,10H2,1H3;. The molecule has 0 saturated heterocycles. The fourth-order valence-corrected chi connectivity index (χ4v) is 3.89. The maximum atomic E-state index is 2.33. The summed E-state index contributed by atoms with van der Waals surface area (Å²) in [5.74, 6) is 0. The first-order chi connectivity index (χ1) is 13.3. The van der Waals surface area contributed by atoms with Crippen LogP contribution in [0.5, 0.6) is 0 Å². The van der Waals surface area contributed by atoms with Gasteiger partial charge in [-0.1, -0.05) is 99.0 Å². The van der Waals surface area contributed by atoms with Gasteiger partial charge in [0.25, 0.3) is 0 Å². The van der Waals surface area contributed by atoms with Crippen LogP contribution in [0.3, 0.4) is 0 Å². The molecule has 1 aliphatic carbocycles. The molecule has 0 aromatic heterocycles. The number of fused-ring (bicyclic) bond motifs is 1. The van der Waals surface area contributed by atoms with Crippen molar-refractivity contribution >= 4 is 11.6 Å². The van der Waals surface area contributed by atoms with Crippen molar-refractivity contribution in [2.45, 2.75) is 39.0 Å². The smallest absolute Gasteiger partial charge is 0.0211 e. The fraction of sp³-hybridized carbons (Fsp3) is 0.222. The molecule has 0 saturated carbocycles. The van der Waals surface area contributed by atoms with E-state index in [1.165, 1.54) is 71.1 Å². The maximum Gasteiger partial charge on any atom is 0.0211 e. The van der Waals surface area contributed by atoms with Crippen molar-refractivity contribution in [2.24, 2.45) is 0 Å². The van der Waals surface area contributed by atoms with E-state index in [1.54, 1.807) is 0 Å². The van der Waals surface area contributed by atoms with Gasteiger partial charge in [-0.05, 0) is 57.9 Å². The molecule has 3 aromatic rings. The summed E-state index contributed by atoms with van der Waals surface area (Å²) in [6.07, 6.45) is 11.1. The quantitative estimate of drug-likeness (QED) is 0.331. The second-order valence-corrected chi connectivity index (χ2v) is 7.43. The maximum absolute atomic E-state index is 2.33. The molecule has 3 aromatic carbocycles. The fourth-order valence-electron chi connectivity index (χ4n) is 3.89. The monoisotopic (exact) mass is 441 g/mol. The van der Waals surface area contributed by atoms with E-state index in [0.29, 0.717) is 0 Å². The molecule has 0 fully saturated rings. The van der Waals surface area contributed by atoms with Gasteiger partial charge < -0.3 is 0 Å². The van der Waals surface area contributed by atoms with Crippen molar-refractivity contribution in [1.29, 1.82) is 0 Å². The first-order valence-electron chi connectivity index (χ1n) is 10.2. The zero-order valence-corrected chi connectivity index (χ0v) is 19.1. The number of aryl methyl sites for hydroxylation is 1. The van der Waals surface area contributed by atoms with E-state index >= 15 is 0 Å². The molecule has 0 unspecified atom stereocenters. The van der Waals surface area contributed by atoms with Crippen LogP contribution in [-0.2, 0) is 32.6 Å². The number of hydrogen-bond acceptors (Lipinski definition) is 0. The van der Waals surface area contributed by atoms with Crippen molar-refractivity contribution in [2.75, 3.05) is 0 Å². The third-order valence-electron chi connectivity index (χ3n) is 5.44. The van der Waals surface area contributed by atoms with E-state index in [9.17, 15) is 0 Å². The van der Waals surface area contributed by atoms with E-state index in [1.807, 2.05) is 0 Å². The van der Waals surface area contributed by atoms with Crippen LogP contribution >= 0.6 is 0 Å². The Balaban J connectivity index is 0.00000225. The normalized spacial score (nSPS) is 12.2. The first kappa shape index (κ1) is 21.0. The molecule has 28 heavy (non-hydrogen) atoms. The topological polar surface area (TPSA) is 0 Å². The molecule has 0 aliphatic heterocycles. The molecule has 139 valence electrons. The summed E-state index contributed by atoms with van der Waals surface area (Å²) in [7, 11) is 0. The molecule has 0 N–H and O–H groups in total. The average molecular weight is 443 g/mol. The van der Waals surface area contributed by atoms with E-state index in [4.69, 9.17) is 0 Å². The zero-order valence-electron chi connectivity index (χ0n) is 16.6.